The number of rotatable bonds is 10. The minimum absolute atomic E-state index is 0.123. The SMILES string of the molecule is C[C@H](NC(=O)c1coc(CN(CCN2CCOCC2)Cc2cccc(Cl)c2)n1)c1ccccc1. The van der Waals surface area contributed by atoms with Crippen molar-refractivity contribution in [3.8, 4) is 0 Å². The first kappa shape index (κ1) is 24.4. The second-order valence-corrected chi connectivity index (χ2v) is 8.96. The van der Waals surface area contributed by atoms with Gasteiger partial charge in [0.1, 0.15) is 6.26 Å². The van der Waals surface area contributed by atoms with E-state index >= 15 is 0 Å². The molecular formula is C26H31ClN4O3. The van der Waals surface area contributed by atoms with E-state index in [1.54, 1.807) is 0 Å². The van der Waals surface area contributed by atoms with E-state index in [0.717, 1.165) is 50.5 Å². The highest BCUT2D eigenvalue weighted by Gasteiger charge is 2.19. The number of amides is 1. The first-order chi connectivity index (χ1) is 16.6. The van der Waals surface area contributed by atoms with Crippen LogP contribution in [0.3, 0.4) is 0 Å². The van der Waals surface area contributed by atoms with Gasteiger partial charge in [0.05, 0.1) is 25.8 Å². The molecule has 0 aliphatic carbocycles. The van der Waals surface area contributed by atoms with Gasteiger partial charge in [0.25, 0.3) is 5.91 Å². The summed E-state index contributed by atoms with van der Waals surface area (Å²) >= 11 is 6.20. The molecule has 0 unspecified atom stereocenters. The fourth-order valence-corrected chi connectivity index (χ4v) is 4.20. The number of carbonyl (C=O) groups excluding carboxylic acids is 1. The Morgan fingerprint density at radius 1 is 1.15 bits per heavy atom. The zero-order valence-corrected chi connectivity index (χ0v) is 20.2. The number of nitrogens with one attached hydrogen (secondary N) is 1. The summed E-state index contributed by atoms with van der Waals surface area (Å²) < 4.78 is 11.1. The van der Waals surface area contributed by atoms with Crippen LogP contribution in [0.5, 0.6) is 0 Å². The number of aromatic nitrogens is 1. The van der Waals surface area contributed by atoms with E-state index in [1.807, 2.05) is 55.5 Å². The van der Waals surface area contributed by atoms with Crippen LogP contribution in [-0.4, -0.2) is 60.1 Å². The van der Waals surface area contributed by atoms with Gasteiger partial charge < -0.3 is 14.5 Å². The molecule has 1 aliphatic rings. The molecule has 0 spiro atoms. The van der Waals surface area contributed by atoms with Crippen LogP contribution >= 0.6 is 11.6 Å². The maximum Gasteiger partial charge on any atom is 0.273 e. The van der Waals surface area contributed by atoms with Gasteiger partial charge in [-0.3, -0.25) is 14.6 Å². The lowest BCUT2D eigenvalue weighted by Gasteiger charge is -2.29. The minimum Gasteiger partial charge on any atom is -0.447 e. The average Bonchev–Trinajstić information content (AvgIpc) is 3.32. The quantitative estimate of drug-likeness (QED) is 0.468. The molecule has 1 atom stereocenters. The number of hydrogen-bond acceptors (Lipinski definition) is 6. The predicted molar refractivity (Wildman–Crippen MR) is 132 cm³/mol. The fourth-order valence-electron chi connectivity index (χ4n) is 3.99. The van der Waals surface area contributed by atoms with Crippen molar-refractivity contribution in [1.82, 2.24) is 20.1 Å². The minimum atomic E-state index is -0.249. The van der Waals surface area contributed by atoms with Crippen LogP contribution in [0.25, 0.3) is 0 Å². The molecule has 0 saturated carbocycles. The van der Waals surface area contributed by atoms with Gasteiger partial charge in [0, 0.05) is 37.7 Å². The molecule has 180 valence electrons. The van der Waals surface area contributed by atoms with Gasteiger partial charge in [-0.2, -0.15) is 0 Å². The number of ether oxygens (including phenoxy) is 1. The van der Waals surface area contributed by atoms with E-state index in [1.165, 1.54) is 6.26 Å². The second kappa shape index (κ2) is 12.1. The summed E-state index contributed by atoms with van der Waals surface area (Å²) in [7, 11) is 0. The Morgan fingerprint density at radius 3 is 2.71 bits per heavy atom. The molecule has 1 aromatic heterocycles. The molecule has 7 nitrogen and oxygen atoms in total. The van der Waals surface area contributed by atoms with E-state index in [2.05, 4.69) is 26.2 Å². The molecule has 1 N–H and O–H groups in total. The molecule has 1 aliphatic heterocycles. The molecule has 3 aromatic rings. The largest absolute Gasteiger partial charge is 0.447 e. The van der Waals surface area contributed by atoms with Crippen molar-refractivity contribution in [2.24, 2.45) is 0 Å². The second-order valence-electron chi connectivity index (χ2n) is 8.53. The Kier molecular flexibility index (Phi) is 8.71. The van der Waals surface area contributed by atoms with E-state index in [4.69, 9.17) is 20.8 Å². The number of hydrogen-bond donors (Lipinski definition) is 1. The Labute approximate surface area is 205 Å². The van der Waals surface area contributed by atoms with Crippen LogP contribution in [0.4, 0.5) is 0 Å². The lowest BCUT2D eigenvalue weighted by Crippen LogP contribution is -2.41. The predicted octanol–water partition coefficient (Wildman–Crippen LogP) is 4.15. The van der Waals surface area contributed by atoms with Gasteiger partial charge in [-0.1, -0.05) is 54.1 Å². The third-order valence-electron chi connectivity index (χ3n) is 5.92. The van der Waals surface area contributed by atoms with Gasteiger partial charge >= 0.3 is 0 Å². The molecule has 2 aromatic carbocycles. The number of carbonyl (C=O) groups is 1. The summed E-state index contributed by atoms with van der Waals surface area (Å²) in [6.07, 6.45) is 1.43. The summed E-state index contributed by atoms with van der Waals surface area (Å²) in [6, 6.07) is 17.6. The van der Waals surface area contributed by atoms with E-state index < -0.39 is 0 Å². The number of halogens is 1. The monoisotopic (exact) mass is 482 g/mol. The molecule has 0 bridgehead atoms. The maximum atomic E-state index is 12.7. The molecule has 1 amide bonds. The Balaban J connectivity index is 1.39. The van der Waals surface area contributed by atoms with Crippen LogP contribution in [0.15, 0.2) is 65.3 Å². The van der Waals surface area contributed by atoms with E-state index in [9.17, 15) is 4.79 Å². The number of morpholine rings is 1. The summed E-state index contributed by atoms with van der Waals surface area (Å²) in [6.45, 7) is 8.34. The van der Waals surface area contributed by atoms with Crippen molar-refractivity contribution in [2.75, 3.05) is 39.4 Å². The molecule has 1 saturated heterocycles. The third-order valence-corrected chi connectivity index (χ3v) is 6.16. The summed E-state index contributed by atoms with van der Waals surface area (Å²) in [5.41, 5.74) is 2.44. The lowest BCUT2D eigenvalue weighted by atomic mass is 10.1. The highest BCUT2D eigenvalue weighted by atomic mass is 35.5. The third kappa shape index (κ3) is 7.14. The Bertz CT molecular complexity index is 1050. The van der Waals surface area contributed by atoms with E-state index in [0.29, 0.717) is 24.0 Å². The molecule has 34 heavy (non-hydrogen) atoms. The zero-order valence-electron chi connectivity index (χ0n) is 19.5. The van der Waals surface area contributed by atoms with Crippen LogP contribution < -0.4 is 5.32 Å². The van der Waals surface area contributed by atoms with Crippen LogP contribution in [0.2, 0.25) is 5.02 Å². The fraction of sp³-hybridized carbons (Fsp3) is 0.385. The van der Waals surface area contributed by atoms with E-state index in [-0.39, 0.29) is 17.6 Å². The Morgan fingerprint density at radius 2 is 1.94 bits per heavy atom. The highest BCUT2D eigenvalue weighted by molar-refractivity contribution is 6.30. The van der Waals surface area contributed by atoms with Crippen molar-refractivity contribution in [3.63, 3.8) is 0 Å². The lowest BCUT2D eigenvalue weighted by molar-refractivity contribution is 0.0320. The molecule has 8 heteroatoms. The van der Waals surface area contributed by atoms with Crippen LogP contribution in [0.1, 0.15) is 40.5 Å². The van der Waals surface area contributed by atoms with Gasteiger partial charge in [-0.25, -0.2) is 4.98 Å². The summed E-state index contributed by atoms with van der Waals surface area (Å²) in [5, 5.41) is 3.70. The molecule has 4 rings (SSSR count). The maximum absolute atomic E-state index is 12.7. The van der Waals surface area contributed by atoms with Gasteiger partial charge in [0.15, 0.2) is 5.69 Å². The summed E-state index contributed by atoms with van der Waals surface area (Å²) in [4.78, 5) is 21.8. The number of oxazole rings is 1. The first-order valence-corrected chi connectivity index (χ1v) is 12.0. The Hall–Kier alpha value is -2.71. The van der Waals surface area contributed by atoms with Crippen molar-refractivity contribution >= 4 is 17.5 Å². The van der Waals surface area contributed by atoms with Crippen LogP contribution in [0, 0.1) is 0 Å². The smallest absolute Gasteiger partial charge is 0.273 e. The zero-order chi connectivity index (χ0) is 23.8. The highest BCUT2D eigenvalue weighted by Crippen LogP contribution is 2.16. The molecule has 2 heterocycles. The normalized spacial score (nSPS) is 15.4. The van der Waals surface area contributed by atoms with Gasteiger partial charge in [-0.15, -0.1) is 0 Å². The van der Waals surface area contributed by atoms with Gasteiger partial charge in [-0.05, 0) is 30.2 Å². The first-order valence-electron chi connectivity index (χ1n) is 11.6. The number of benzene rings is 2. The van der Waals surface area contributed by atoms with Crippen molar-refractivity contribution < 1.29 is 13.9 Å². The topological polar surface area (TPSA) is 70.8 Å². The van der Waals surface area contributed by atoms with Gasteiger partial charge in [0.2, 0.25) is 5.89 Å². The average molecular weight is 483 g/mol. The van der Waals surface area contributed by atoms with Crippen molar-refractivity contribution in [1.29, 1.82) is 0 Å². The molecule has 0 radical (unpaired) electrons. The molecule has 1 fully saturated rings. The summed E-state index contributed by atoms with van der Waals surface area (Å²) in [5.74, 6) is 0.266. The number of nitrogens with zero attached hydrogens (tertiary/aromatic N) is 3. The standard InChI is InChI=1S/C26H31ClN4O3/c1-20(22-7-3-2-4-8-22)28-26(32)24-19-34-25(29-24)18-31(11-10-30-12-14-33-15-13-30)17-21-6-5-9-23(27)16-21/h2-9,16,19-20H,10-15,17-18H2,1H3,(H,28,32)/t20-/m0/s1. The van der Waals surface area contributed by atoms with Crippen molar-refractivity contribution in [2.45, 2.75) is 26.1 Å². The van der Waals surface area contributed by atoms with Crippen LogP contribution in [-0.2, 0) is 17.8 Å². The molecular weight excluding hydrogens is 452 g/mol. The van der Waals surface area contributed by atoms with Crippen molar-refractivity contribution in [3.05, 3.63) is 88.6 Å².